The average molecular weight is 467 g/mol. The third kappa shape index (κ3) is 6.89. The van der Waals surface area contributed by atoms with Gasteiger partial charge in [0.25, 0.3) is 0 Å². The number of anilines is 1. The Bertz CT molecular complexity index is 1050. The van der Waals surface area contributed by atoms with Crippen molar-refractivity contribution in [1.29, 1.82) is 0 Å². The number of thiazole rings is 1. The van der Waals surface area contributed by atoms with Crippen LogP contribution in [-0.2, 0) is 22.4 Å². The molecule has 0 N–H and O–H groups in total. The largest absolute Gasteiger partial charge is 0.494 e. The minimum atomic E-state index is -0.456. The van der Waals surface area contributed by atoms with Gasteiger partial charge in [0.05, 0.1) is 13.2 Å². The van der Waals surface area contributed by atoms with Gasteiger partial charge in [-0.1, -0.05) is 42.5 Å². The zero-order chi connectivity index (χ0) is 23.6. The standard InChI is InChI=1S/C26H30N2O4S/c1-4-31-22-14-11-21(12-15-22)13-16-23(29)28(18-17-20-9-7-6-8-10-20)26-27-24(19(3)33-26)25(30)32-5-2/h6-12,14-15H,4-5,13,16-18H2,1-3H3. The molecule has 0 saturated heterocycles. The summed E-state index contributed by atoms with van der Waals surface area (Å²) in [6, 6.07) is 17.8. The summed E-state index contributed by atoms with van der Waals surface area (Å²) in [5.74, 6) is 0.341. The minimum absolute atomic E-state index is 0.0241. The summed E-state index contributed by atoms with van der Waals surface area (Å²) in [4.78, 5) is 32.4. The van der Waals surface area contributed by atoms with Crippen LogP contribution in [-0.4, -0.2) is 36.6 Å². The molecule has 7 heteroatoms. The van der Waals surface area contributed by atoms with Gasteiger partial charge in [-0.25, -0.2) is 9.78 Å². The van der Waals surface area contributed by atoms with E-state index >= 15 is 0 Å². The Kier molecular flexibility index (Phi) is 9.01. The normalized spacial score (nSPS) is 10.6. The van der Waals surface area contributed by atoms with E-state index in [2.05, 4.69) is 4.98 Å². The van der Waals surface area contributed by atoms with Crippen molar-refractivity contribution in [2.75, 3.05) is 24.7 Å². The number of ether oxygens (including phenoxy) is 2. The first kappa shape index (κ1) is 24.5. The number of aromatic nitrogens is 1. The van der Waals surface area contributed by atoms with E-state index in [1.54, 1.807) is 11.8 Å². The third-order valence-electron chi connectivity index (χ3n) is 5.11. The smallest absolute Gasteiger partial charge is 0.358 e. The Morgan fingerprint density at radius 1 is 0.939 bits per heavy atom. The molecule has 174 valence electrons. The van der Waals surface area contributed by atoms with Crippen LogP contribution in [0, 0.1) is 6.92 Å². The lowest BCUT2D eigenvalue weighted by Crippen LogP contribution is -2.33. The molecule has 0 aliphatic heterocycles. The Morgan fingerprint density at radius 3 is 2.30 bits per heavy atom. The van der Waals surface area contributed by atoms with Crippen LogP contribution in [0.3, 0.4) is 0 Å². The molecule has 0 atom stereocenters. The Morgan fingerprint density at radius 2 is 1.64 bits per heavy atom. The molecule has 1 amide bonds. The van der Waals surface area contributed by atoms with E-state index in [9.17, 15) is 9.59 Å². The van der Waals surface area contributed by atoms with E-state index in [1.807, 2.05) is 68.4 Å². The first-order valence-electron chi connectivity index (χ1n) is 11.2. The van der Waals surface area contributed by atoms with Crippen molar-refractivity contribution < 1.29 is 19.1 Å². The topological polar surface area (TPSA) is 68.7 Å². The number of benzene rings is 2. The van der Waals surface area contributed by atoms with E-state index in [-0.39, 0.29) is 18.2 Å². The molecule has 3 aromatic rings. The second-order valence-corrected chi connectivity index (χ2v) is 8.66. The van der Waals surface area contributed by atoms with E-state index in [0.29, 0.717) is 37.5 Å². The fraction of sp³-hybridized carbons (Fsp3) is 0.346. The first-order valence-corrected chi connectivity index (χ1v) is 12.0. The molecule has 33 heavy (non-hydrogen) atoms. The number of aryl methyl sites for hydroxylation is 2. The fourth-order valence-corrected chi connectivity index (χ4v) is 4.34. The number of carbonyl (C=O) groups is 2. The highest BCUT2D eigenvalue weighted by molar-refractivity contribution is 7.16. The van der Waals surface area contributed by atoms with E-state index in [4.69, 9.17) is 9.47 Å². The van der Waals surface area contributed by atoms with Crippen molar-refractivity contribution in [1.82, 2.24) is 4.98 Å². The van der Waals surface area contributed by atoms with Gasteiger partial charge in [0.2, 0.25) is 5.91 Å². The predicted molar refractivity (Wildman–Crippen MR) is 131 cm³/mol. The lowest BCUT2D eigenvalue weighted by Gasteiger charge is -2.20. The zero-order valence-corrected chi connectivity index (χ0v) is 20.2. The molecule has 0 radical (unpaired) electrons. The number of hydrogen-bond donors (Lipinski definition) is 0. The summed E-state index contributed by atoms with van der Waals surface area (Å²) >= 11 is 1.35. The van der Waals surface area contributed by atoms with Crippen LogP contribution in [0.2, 0.25) is 0 Å². The highest BCUT2D eigenvalue weighted by Crippen LogP contribution is 2.27. The monoisotopic (exact) mass is 466 g/mol. The quantitative estimate of drug-likeness (QED) is 0.362. The van der Waals surface area contributed by atoms with Gasteiger partial charge in [0, 0.05) is 17.8 Å². The molecule has 2 aromatic carbocycles. The van der Waals surface area contributed by atoms with Crippen molar-refractivity contribution in [3.63, 3.8) is 0 Å². The van der Waals surface area contributed by atoms with Crippen molar-refractivity contribution in [3.05, 3.63) is 76.3 Å². The highest BCUT2D eigenvalue weighted by Gasteiger charge is 2.23. The number of nitrogens with zero attached hydrogens (tertiary/aromatic N) is 2. The Balaban J connectivity index is 1.75. The number of hydrogen-bond acceptors (Lipinski definition) is 6. The maximum absolute atomic E-state index is 13.3. The lowest BCUT2D eigenvalue weighted by molar-refractivity contribution is -0.118. The summed E-state index contributed by atoms with van der Waals surface area (Å²) in [5, 5.41) is 0.531. The van der Waals surface area contributed by atoms with Crippen LogP contribution in [0.1, 0.15) is 46.8 Å². The summed E-state index contributed by atoms with van der Waals surface area (Å²) in [6.07, 6.45) is 1.65. The SMILES string of the molecule is CCOC(=O)c1nc(N(CCc2ccccc2)C(=O)CCc2ccc(OCC)cc2)sc1C. The molecule has 1 heterocycles. The third-order valence-corrected chi connectivity index (χ3v) is 6.11. The van der Waals surface area contributed by atoms with Gasteiger partial charge in [-0.2, -0.15) is 0 Å². The van der Waals surface area contributed by atoms with Gasteiger partial charge in [-0.15, -0.1) is 11.3 Å². The molecule has 0 spiro atoms. The van der Waals surface area contributed by atoms with Crippen molar-refractivity contribution in [2.24, 2.45) is 0 Å². The van der Waals surface area contributed by atoms with Crippen LogP contribution in [0.4, 0.5) is 5.13 Å². The minimum Gasteiger partial charge on any atom is -0.494 e. The molecule has 0 unspecified atom stereocenters. The molecule has 0 bridgehead atoms. The second kappa shape index (κ2) is 12.2. The van der Waals surface area contributed by atoms with Crippen LogP contribution in [0.25, 0.3) is 0 Å². The summed E-state index contributed by atoms with van der Waals surface area (Å²) < 4.78 is 10.6. The van der Waals surface area contributed by atoms with Crippen molar-refractivity contribution in [2.45, 2.75) is 40.0 Å². The number of amides is 1. The molecular weight excluding hydrogens is 436 g/mol. The van der Waals surface area contributed by atoms with Crippen molar-refractivity contribution >= 4 is 28.3 Å². The van der Waals surface area contributed by atoms with Gasteiger partial charge < -0.3 is 9.47 Å². The predicted octanol–water partition coefficient (Wildman–Crippen LogP) is 5.24. The first-order chi connectivity index (χ1) is 16.0. The van der Waals surface area contributed by atoms with Crippen LogP contribution in [0.5, 0.6) is 5.75 Å². The Hall–Kier alpha value is -3.19. The maximum Gasteiger partial charge on any atom is 0.358 e. The molecule has 1 aromatic heterocycles. The molecule has 0 aliphatic carbocycles. The van der Waals surface area contributed by atoms with Gasteiger partial charge in [0.15, 0.2) is 10.8 Å². The summed E-state index contributed by atoms with van der Waals surface area (Å²) in [7, 11) is 0. The van der Waals surface area contributed by atoms with Crippen molar-refractivity contribution in [3.8, 4) is 5.75 Å². The number of esters is 1. The maximum atomic E-state index is 13.3. The fourth-order valence-electron chi connectivity index (χ4n) is 3.40. The molecule has 0 fully saturated rings. The lowest BCUT2D eigenvalue weighted by atomic mass is 10.1. The van der Waals surface area contributed by atoms with E-state index in [0.717, 1.165) is 21.8 Å². The molecule has 6 nitrogen and oxygen atoms in total. The van der Waals surface area contributed by atoms with Crippen LogP contribution in [0.15, 0.2) is 54.6 Å². The van der Waals surface area contributed by atoms with Crippen LogP contribution >= 0.6 is 11.3 Å². The van der Waals surface area contributed by atoms with Gasteiger partial charge in [0.1, 0.15) is 5.75 Å². The second-order valence-electron chi connectivity index (χ2n) is 7.48. The molecular formula is C26H30N2O4S. The van der Waals surface area contributed by atoms with Gasteiger partial charge >= 0.3 is 5.97 Å². The zero-order valence-electron chi connectivity index (χ0n) is 19.4. The van der Waals surface area contributed by atoms with E-state index in [1.165, 1.54) is 11.3 Å². The molecule has 0 saturated carbocycles. The molecule has 3 rings (SSSR count). The summed E-state index contributed by atoms with van der Waals surface area (Å²) in [6.45, 7) is 6.93. The number of rotatable bonds is 11. The van der Waals surface area contributed by atoms with Gasteiger partial charge in [-0.05, 0) is 56.9 Å². The van der Waals surface area contributed by atoms with Crippen LogP contribution < -0.4 is 9.64 Å². The highest BCUT2D eigenvalue weighted by atomic mass is 32.1. The van der Waals surface area contributed by atoms with E-state index < -0.39 is 5.97 Å². The molecule has 0 aliphatic rings. The Labute approximate surface area is 199 Å². The average Bonchev–Trinajstić information content (AvgIpc) is 3.21. The number of carbonyl (C=O) groups excluding carboxylic acids is 2. The summed E-state index contributed by atoms with van der Waals surface area (Å²) in [5.41, 5.74) is 2.49. The van der Waals surface area contributed by atoms with Gasteiger partial charge in [-0.3, -0.25) is 9.69 Å².